The molecule has 0 aliphatic carbocycles. The molecule has 144 valence electrons. The van der Waals surface area contributed by atoms with E-state index in [-0.39, 0.29) is 18.4 Å². The average molecular weight is 388 g/mol. The van der Waals surface area contributed by atoms with Crippen LogP contribution in [0.15, 0.2) is 41.8 Å². The van der Waals surface area contributed by atoms with Gasteiger partial charge in [0.05, 0.1) is 19.8 Å². The van der Waals surface area contributed by atoms with Crippen molar-refractivity contribution in [3.8, 4) is 11.5 Å². The monoisotopic (exact) mass is 388 g/mol. The highest BCUT2D eigenvalue weighted by atomic mass is 32.1. The van der Waals surface area contributed by atoms with Crippen molar-refractivity contribution in [2.24, 2.45) is 0 Å². The van der Waals surface area contributed by atoms with Crippen molar-refractivity contribution in [2.45, 2.75) is 13.8 Å². The zero-order chi connectivity index (χ0) is 19.6. The van der Waals surface area contributed by atoms with Crippen molar-refractivity contribution in [3.05, 3.63) is 46.7 Å². The third-order valence-corrected chi connectivity index (χ3v) is 4.36. The Balaban J connectivity index is 1.94. The van der Waals surface area contributed by atoms with Gasteiger partial charge in [0.25, 0.3) is 0 Å². The second-order valence-electron chi connectivity index (χ2n) is 5.62. The molecule has 27 heavy (non-hydrogen) atoms. The molecule has 2 amide bonds. The van der Waals surface area contributed by atoms with Gasteiger partial charge >= 0.3 is 0 Å². The summed E-state index contributed by atoms with van der Waals surface area (Å²) in [5.74, 6) is 0.672. The minimum Gasteiger partial charge on any atom is -0.490 e. The summed E-state index contributed by atoms with van der Waals surface area (Å²) in [6.07, 6.45) is 3.20. The topological polar surface area (TPSA) is 67.9 Å². The van der Waals surface area contributed by atoms with Crippen LogP contribution in [-0.2, 0) is 9.59 Å². The maximum absolute atomic E-state index is 12.2. The second kappa shape index (κ2) is 10.4. The van der Waals surface area contributed by atoms with Crippen LogP contribution in [-0.4, -0.2) is 43.5 Å². The molecule has 0 unspecified atom stereocenters. The summed E-state index contributed by atoms with van der Waals surface area (Å²) < 4.78 is 11.1. The molecular weight excluding hydrogens is 364 g/mol. The lowest BCUT2D eigenvalue weighted by atomic mass is 10.2. The number of rotatable bonds is 9. The highest BCUT2D eigenvalue weighted by molar-refractivity contribution is 7.10. The van der Waals surface area contributed by atoms with Crippen LogP contribution in [0.3, 0.4) is 0 Å². The van der Waals surface area contributed by atoms with Gasteiger partial charge in [0.15, 0.2) is 11.5 Å². The lowest BCUT2D eigenvalue weighted by Crippen LogP contribution is -2.33. The van der Waals surface area contributed by atoms with Gasteiger partial charge in [0.1, 0.15) is 0 Å². The highest BCUT2D eigenvalue weighted by Gasteiger charge is 2.12. The molecule has 6 nitrogen and oxygen atoms in total. The molecule has 1 N–H and O–H groups in total. The summed E-state index contributed by atoms with van der Waals surface area (Å²) in [5, 5.41) is 4.71. The average Bonchev–Trinajstić information content (AvgIpc) is 3.15. The molecule has 0 aliphatic heterocycles. The first-order valence-electron chi connectivity index (χ1n) is 8.69. The number of thiophene rings is 1. The minimum absolute atomic E-state index is 0.0508. The number of carbonyl (C=O) groups excluding carboxylic acids is 2. The Labute approximate surface area is 163 Å². The number of benzene rings is 1. The van der Waals surface area contributed by atoms with Crippen LogP contribution in [0.2, 0.25) is 0 Å². The van der Waals surface area contributed by atoms with E-state index in [2.05, 4.69) is 5.32 Å². The number of likely N-dealkylation sites (N-methyl/N-ethyl adjacent to an activating group) is 1. The van der Waals surface area contributed by atoms with Crippen LogP contribution in [0.1, 0.15) is 18.7 Å². The Kier molecular flexibility index (Phi) is 7.88. The lowest BCUT2D eigenvalue weighted by molar-refractivity contribution is -0.129. The number of anilines is 1. The van der Waals surface area contributed by atoms with Crippen molar-refractivity contribution < 1.29 is 19.1 Å². The predicted octanol–water partition coefficient (Wildman–Crippen LogP) is 3.66. The first-order valence-corrected chi connectivity index (χ1v) is 9.57. The Morgan fingerprint density at radius 2 is 1.89 bits per heavy atom. The SMILES string of the molecule is CCOc1ccc(NC(=O)CN(C)C(=O)/C=C/c2cccs2)cc1OCC. The van der Waals surface area contributed by atoms with Gasteiger partial charge in [0, 0.05) is 29.8 Å². The highest BCUT2D eigenvalue weighted by Crippen LogP contribution is 2.30. The Bertz CT molecular complexity index is 787. The molecular formula is C20H24N2O4S. The van der Waals surface area contributed by atoms with E-state index in [0.29, 0.717) is 30.4 Å². The van der Waals surface area contributed by atoms with Gasteiger partial charge in [-0.15, -0.1) is 11.3 Å². The number of nitrogens with zero attached hydrogens (tertiary/aromatic N) is 1. The van der Waals surface area contributed by atoms with Crippen molar-refractivity contribution in [2.75, 3.05) is 32.1 Å². The predicted molar refractivity (Wildman–Crippen MR) is 108 cm³/mol. The van der Waals surface area contributed by atoms with Gasteiger partial charge in [-0.05, 0) is 43.5 Å². The molecule has 1 heterocycles. The number of hydrogen-bond acceptors (Lipinski definition) is 5. The molecule has 7 heteroatoms. The van der Waals surface area contributed by atoms with Crippen LogP contribution in [0, 0.1) is 0 Å². The largest absolute Gasteiger partial charge is 0.490 e. The molecule has 0 bridgehead atoms. The number of amides is 2. The molecule has 0 saturated heterocycles. The summed E-state index contributed by atoms with van der Waals surface area (Å²) >= 11 is 1.54. The molecule has 2 rings (SSSR count). The van der Waals surface area contributed by atoms with Crippen molar-refractivity contribution in [3.63, 3.8) is 0 Å². The number of ether oxygens (including phenoxy) is 2. The second-order valence-corrected chi connectivity index (χ2v) is 6.60. The van der Waals surface area contributed by atoms with Gasteiger partial charge in [-0.3, -0.25) is 9.59 Å². The van der Waals surface area contributed by atoms with E-state index in [1.807, 2.05) is 31.4 Å². The van der Waals surface area contributed by atoms with E-state index in [1.54, 1.807) is 42.7 Å². The standard InChI is InChI=1S/C20H24N2O4S/c1-4-25-17-10-8-15(13-18(17)26-5-2)21-19(23)14-22(3)20(24)11-9-16-7-6-12-27-16/h6-13H,4-5,14H2,1-3H3,(H,21,23)/b11-9+. The van der Waals surface area contributed by atoms with E-state index in [9.17, 15) is 9.59 Å². The number of carbonyl (C=O) groups is 2. The van der Waals surface area contributed by atoms with Gasteiger partial charge in [-0.25, -0.2) is 0 Å². The smallest absolute Gasteiger partial charge is 0.246 e. The molecule has 2 aromatic rings. The zero-order valence-electron chi connectivity index (χ0n) is 15.7. The lowest BCUT2D eigenvalue weighted by Gasteiger charge is -2.16. The first kappa shape index (κ1) is 20.5. The van der Waals surface area contributed by atoms with Crippen molar-refractivity contribution >= 4 is 34.9 Å². The fraction of sp³-hybridized carbons (Fsp3) is 0.300. The fourth-order valence-electron chi connectivity index (χ4n) is 2.29. The van der Waals surface area contributed by atoms with Gasteiger partial charge in [-0.2, -0.15) is 0 Å². The van der Waals surface area contributed by atoms with Crippen LogP contribution in [0.5, 0.6) is 11.5 Å². The molecule has 0 radical (unpaired) electrons. The van der Waals surface area contributed by atoms with E-state index in [1.165, 1.54) is 11.0 Å². The Morgan fingerprint density at radius 3 is 2.56 bits per heavy atom. The quantitative estimate of drug-likeness (QED) is 0.666. The van der Waals surface area contributed by atoms with Crippen LogP contribution in [0.25, 0.3) is 6.08 Å². The maximum Gasteiger partial charge on any atom is 0.246 e. The molecule has 1 aromatic carbocycles. The summed E-state index contributed by atoms with van der Waals surface area (Å²) in [4.78, 5) is 26.7. The molecule has 0 spiro atoms. The fourth-order valence-corrected chi connectivity index (χ4v) is 2.91. The van der Waals surface area contributed by atoms with Crippen LogP contribution >= 0.6 is 11.3 Å². The molecule has 0 fully saturated rings. The molecule has 0 aliphatic rings. The van der Waals surface area contributed by atoms with E-state index < -0.39 is 0 Å². The van der Waals surface area contributed by atoms with Crippen LogP contribution in [0.4, 0.5) is 5.69 Å². The molecule has 0 saturated carbocycles. The third-order valence-electron chi connectivity index (χ3n) is 3.52. The third kappa shape index (κ3) is 6.45. The van der Waals surface area contributed by atoms with Gasteiger partial charge in [0.2, 0.25) is 11.8 Å². The summed E-state index contributed by atoms with van der Waals surface area (Å²) in [5.41, 5.74) is 0.585. The van der Waals surface area contributed by atoms with E-state index >= 15 is 0 Å². The van der Waals surface area contributed by atoms with Crippen molar-refractivity contribution in [1.82, 2.24) is 4.90 Å². The summed E-state index contributed by atoms with van der Waals surface area (Å²) in [6, 6.07) is 9.04. The zero-order valence-corrected chi connectivity index (χ0v) is 16.5. The maximum atomic E-state index is 12.2. The summed E-state index contributed by atoms with van der Waals surface area (Å²) in [6.45, 7) is 4.74. The minimum atomic E-state index is -0.290. The van der Waals surface area contributed by atoms with Gasteiger partial charge in [-0.1, -0.05) is 6.07 Å². The van der Waals surface area contributed by atoms with Gasteiger partial charge < -0.3 is 19.7 Å². The normalized spacial score (nSPS) is 10.6. The van der Waals surface area contributed by atoms with Crippen molar-refractivity contribution in [1.29, 1.82) is 0 Å². The Morgan fingerprint density at radius 1 is 1.15 bits per heavy atom. The molecule has 1 aromatic heterocycles. The van der Waals surface area contributed by atoms with E-state index in [0.717, 1.165) is 4.88 Å². The number of nitrogens with one attached hydrogen (secondary N) is 1. The first-order chi connectivity index (χ1) is 13.0. The van der Waals surface area contributed by atoms with Crippen LogP contribution < -0.4 is 14.8 Å². The molecule has 0 atom stereocenters. The Hall–Kier alpha value is -2.80. The summed E-state index contributed by atoms with van der Waals surface area (Å²) in [7, 11) is 1.59. The van der Waals surface area contributed by atoms with E-state index in [4.69, 9.17) is 9.47 Å². The number of hydrogen-bond donors (Lipinski definition) is 1.